The summed E-state index contributed by atoms with van der Waals surface area (Å²) in [7, 11) is -3.71. The Balaban J connectivity index is 1.76. The predicted octanol–water partition coefficient (Wildman–Crippen LogP) is 0.913. The maximum atomic E-state index is 13.2. The van der Waals surface area contributed by atoms with Crippen LogP contribution in [0.2, 0.25) is 0 Å². The second kappa shape index (κ2) is 6.09. The third-order valence-electron chi connectivity index (χ3n) is 3.71. The van der Waals surface area contributed by atoms with Crippen LogP contribution in [0.15, 0.2) is 36.0 Å². The molecule has 7 nitrogen and oxygen atoms in total. The second-order valence-electron chi connectivity index (χ2n) is 5.33. The van der Waals surface area contributed by atoms with Gasteiger partial charge in [0.25, 0.3) is 0 Å². The quantitative estimate of drug-likeness (QED) is 0.835. The van der Waals surface area contributed by atoms with Crippen LogP contribution in [0.1, 0.15) is 12.8 Å². The number of hydrogen-bond donors (Lipinski definition) is 0. The Morgan fingerprint density at radius 2 is 2.18 bits per heavy atom. The fraction of sp³-hybridized carbons (Fsp3) is 0.462. The van der Waals surface area contributed by atoms with Crippen molar-refractivity contribution in [2.24, 2.45) is 5.92 Å². The molecular formula is C13H16FN5O2S. The average Bonchev–Trinajstić information content (AvgIpc) is 3.00. The number of rotatable bonds is 4. The van der Waals surface area contributed by atoms with Crippen LogP contribution in [0.3, 0.4) is 0 Å². The van der Waals surface area contributed by atoms with Crippen LogP contribution in [-0.4, -0.2) is 45.6 Å². The summed E-state index contributed by atoms with van der Waals surface area (Å²) in [4.78, 5) is 7.40. The number of halogens is 1. The Kier molecular flexibility index (Phi) is 4.16. The van der Waals surface area contributed by atoms with Crippen molar-refractivity contribution in [3.63, 3.8) is 0 Å². The first-order valence-corrected chi connectivity index (χ1v) is 8.43. The summed E-state index contributed by atoms with van der Waals surface area (Å²) in [5.74, 6) is -0.496. The van der Waals surface area contributed by atoms with E-state index in [2.05, 4.69) is 15.1 Å². The Morgan fingerprint density at radius 1 is 1.32 bits per heavy atom. The van der Waals surface area contributed by atoms with E-state index in [0.29, 0.717) is 19.6 Å². The average molecular weight is 325 g/mol. The van der Waals surface area contributed by atoms with Gasteiger partial charge in [-0.15, -0.1) is 0 Å². The Hall–Kier alpha value is -1.87. The van der Waals surface area contributed by atoms with E-state index in [0.717, 1.165) is 25.1 Å². The highest BCUT2D eigenvalue weighted by Crippen LogP contribution is 2.24. The first-order chi connectivity index (χ1) is 10.6. The molecule has 0 spiro atoms. The van der Waals surface area contributed by atoms with Crippen molar-refractivity contribution < 1.29 is 12.8 Å². The normalized spacial score (nSPS) is 20.1. The van der Waals surface area contributed by atoms with E-state index in [1.807, 2.05) is 0 Å². The van der Waals surface area contributed by atoms with Gasteiger partial charge in [0.05, 0.1) is 6.20 Å². The summed E-state index contributed by atoms with van der Waals surface area (Å²) in [5.41, 5.74) is 0. The van der Waals surface area contributed by atoms with Gasteiger partial charge < -0.3 is 0 Å². The highest BCUT2D eigenvalue weighted by molar-refractivity contribution is 7.89. The van der Waals surface area contributed by atoms with Crippen molar-refractivity contribution in [3.8, 4) is 0 Å². The first kappa shape index (κ1) is 15.0. The molecule has 0 aromatic carbocycles. The van der Waals surface area contributed by atoms with E-state index in [4.69, 9.17) is 0 Å². The molecule has 1 fully saturated rings. The predicted molar refractivity (Wildman–Crippen MR) is 75.7 cm³/mol. The lowest BCUT2D eigenvalue weighted by molar-refractivity contribution is 0.239. The van der Waals surface area contributed by atoms with Gasteiger partial charge in [-0.2, -0.15) is 9.40 Å². The Labute approximate surface area is 127 Å². The summed E-state index contributed by atoms with van der Waals surface area (Å²) in [5, 5.41) is 4.05. The van der Waals surface area contributed by atoms with E-state index in [1.165, 1.54) is 16.8 Å². The molecule has 1 saturated heterocycles. The molecule has 0 N–H and O–H groups in total. The number of piperidine rings is 1. The van der Waals surface area contributed by atoms with Crippen LogP contribution in [0.25, 0.3) is 0 Å². The van der Waals surface area contributed by atoms with Gasteiger partial charge in [-0.05, 0) is 24.8 Å². The second-order valence-corrected chi connectivity index (χ2v) is 7.27. The molecule has 2 aromatic heterocycles. The maximum absolute atomic E-state index is 13.2. The SMILES string of the molecule is O=S(=O)(c1cncc(F)c1)N1CCC[C@H](Cn2cncn2)C1. The van der Waals surface area contributed by atoms with Crippen molar-refractivity contribution in [3.05, 3.63) is 36.9 Å². The molecule has 118 valence electrons. The zero-order chi connectivity index (χ0) is 15.6. The number of nitrogens with zero attached hydrogens (tertiary/aromatic N) is 5. The van der Waals surface area contributed by atoms with E-state index in [1.54, 1.807) is 11.0 Å². The number of aromatic nitrogens is 4. The number of pyridine rings is 1. The van der Waals surface area contributed by atoms with Crippen LogP contribution < -0.4 is 0 Å². The topological polar surface area (TPSA) is 81.0 Å². The van der Waals surface area contributed by atoms with Crippen molar-refractivity contribution in [1.82, 2.24) is 24.1 Å². The molecule has 9 heteroatoms. The van der Waals surface area contributed by atoms with Crippen LogP contribution >= 0.6 is 0 Å². The lowest BCUT2D eigenvalue weighted by Gasteiger charge is -2.31. The minimum atomic E-state index is -3.71. The van der Waals surface area contributed by atoms with Gasteiger partial charge in [0.2, 0.25) is 10.0 Å². The summed E-state index contributed by atoms with van der Waals surface area (Å²) in [6.07, 6.45) is 6.93. The molecule has 1 atom stereocenters. The van der Waals surface area contributed by atoms with Crippen molar-refractivity contribution in [2.75, 3.05) is 13.1 Å². The lowest BCUT2D eigenvalue weighted by Crippen LogP contribution is -2.41. The van der Waals surface area contributed by atoms with Gasteiger partial charge in [-0.25, -0.2) is 17.8 Å². The molecule has 0 aliphatic carbocycles. The van der Waals surface area contributed by atoms with Crippen LogP contribution in [0, 0.1) is 11.7 Å². The molecular weight excluding hydrogens is 309 g/mol. The van der Waals surface area contributed by atoms with E-state index >= 15 is 0 Å². The van der Waals surface area contributed by atoms with Gasteiger partial charge in [0.1, 0.15) is 23.4 Å². The standard InChI is InChI=1S/C13H16FN5O2S/c14-12-4-13(6-15-5-12)22(20,21)19-3-1-2-11(8-19)7-18-10-16-9-17-18/h4-6,9-11H,1-3,7-8H2/t11-/m1/s1. The molecule has 0 radical (unpaired) electrons. The molecule has 0 unspecified atom stereocenters. The van der Waals surface area contributed by atoms with E-state index in [-0.39, 0.29) is 10.8 Å². The zero-order valence-corrected chi connectivity index (χ0v) is 12.7. The van der Waals surface area contributed by atoms with Gasteiger partial charge >= 0.3 is 0 Å². The summed E-state index contributed by atoms with van der Waals surface area (Å²) in [6, 6.07) is 1.00. The highest BCUT2D eigenvalue weighted by Gasteiger charge is 2.30. The fourth-order valence-electron chi connectivity index (χ4n) is 2.67. The third kappa shape index (κ3) is 3.14. The lowest BCUT2D eigenvalue weighted by atomic mass is 10.00. The number of hydrogen-bond acceptors (Lipinski definition) is 5. The molecule has 1 aliphatic rings. The molecule has 22 heavy (non-hydrogen) atoms. The largest absolute Gasteiger partial charge is 0.260 e. The summed E-state index contributed by atoms with van der Waals surface area (Å²) < 4.78 is 41.5. The Bertz CT molecular complexity index is 735. The van der Waals surface area contributed by atoms with Crippen molar-refractivity contribution in [1.29, 1.82) is 0 Å². The van der Waals surface area contributed by atoms with E-state index < -0.39 is 15.8 Å². The Morgan fingerprint density at radius 3 is 2.91 bits per heavy atom. The van der Waals surface area contributed by atoms with Crippen LogP contribution in [0.4, 0.5) is 4.39 Å². The smallest absolute Gasteiger partial charge is 0.244 e. The third-order valence-corrected chi connectivity index (χ3v) is 5.54. The van der Waals surface area contributed by atoms with Gasteiger partial charge in [0, 0.05) is 25.8 Å². The van der Waals surface area contributed by atoms with E-state index in [9.17, 15) is 12.8 Å². The maximum Gasteiger partial charge on any atom is 0.244 e. The highest BCUT2D eigenvalue weighted by atomic mass is 32.2. The van der Waals surface area contributed by atoms with Gasteiger partial charge in [-0.1, -0.05) is 0 Å². The molecule has 3 heterocycles. The number of sulfonamides is 1. The monoisotopic (exact) mass is 325 g/mol. The molecule has 0 saturated carbocycles. The molecule has 1 aliphatic heterocycles. The summed E-state index contributed by atoms with van der Waals surface area (Å²) in [6.45, 7) is 1.44. The first-order valence-electron chi connectivity index (χ1n) is 6.99. The van der Waals surface area contributed by atoms with Crippen LogP contribution in [-0.2, 0) is 16.6 Å². The molecule has 2 aromatic rings. The van der Waals surface area contributed by atoms with Crippen molar-refractivity contribution in [2.45, 2.75) is 24.3 Å². The minimum Gasteiger partial charge on any atom is -0.260 e. The van der Waals surface area contributed by atoms with Crippen LogP contribution in [0.5, 0.6) is 0 Å². The van der Waals surface area contributed by atoms with Crippen molar-refractivity contribution >= 4 is 10.0 Å². The van der Waals surface area contributed by atoms with Gasteiger partial charge in [-0.3, -0.25) is 9.67 Å². The molecule has 3 rings (SSSR count). The molecule has 0 amide bonds. The zero-order valence-electron chi connectivity index (χ0n) is 11.8. The van der Waals surface area contributed by atoms with Gasteiger partial charge in [0.15, 0.2) is 0 Å². The summed E-state index contributed by atoms with van der Waals surface area (Å²) >= 11 is 0. The fourth-order valence-corrected chi connectivity index (χ4v) is 4.20. The molecule has 0 bridgehead atoms. The minimum absolute atomic E-state index is 0.103.